The van der Waals surface area contributed by atoms with Crippen LogP contribution in [0.5, 0.6) is 5.75 Å². The van der Waals surface area contributed by atoms with Crippen LogP contribution in [0.4, 0.5) is 0 Å². The van der Waals surface area contributed by atoms with Gasteiger partial charge in [-0.05, 0) is 47.5 Å². The molecule has 2 aromatic carbocycles. The van der Waals surface area contributed by atoms with E-state index in [9.17, 15) is 9.59 Å². The van der Waals surface area contributed by atoms with Gasteiger partial charge in [-0.1, -0.05) is 24.3 Å². The molecule has 1 atom stereocenters. The summed E-state index contributed by atoms with van der Waals surface area (Å²) < 4.78 is 5.21. The summed E-state index contributed by atoms with van der Waals surface area (Å²) >= 11 is 0. The van der Waals surface area contributed by atoms with E-state index in [1.54, 1.807) is 55.6 Å². The molecule has 2 aromatic heterocycles. The number of hydrogen-bond donors (Lipinski definition) is 2. The summed E-state index contributed by atoms with van der Waals surface area (Å²) in [5.74, 6) is 0.284. The van der Waals surface area contributed by atoms with Gasteiger partial charge >= 0.3 is 0 Å². The highest BCUT2D eigenvalue weighted by Gasteiger charge is 2.21. The molecule has 0 aliphatic carbocycles. The van der Waals surface area contributed by atoms with Crippen LogP contribution in [0.15, 0.2) is 77.9 Å². The van der Waals surface area contributed by atoms with Crippen LogP contribution in [0.25, 0.3) is 11.5 Å². The molecule has 162 valence electrons. The smallest absolute Gasteiger partial charge is 0.264 e. The zero-order valence-corrected chi connectivity index (χ0v) is 17.5. The predicted molar refractivity (Wildman–Crippen MR) is 119 cm³/mol. The van der Waals surface area contributed by atoms with Crippen molar-refractivity contribution in [1.29, 1.82) is 5.26 Å². The molecular formula is C24H18N6O3. The van der Waals surface area contributed by atoms with Crippen LogP contribution >= 0.6 is 0 Å². The van der Waals surface area contributed by atoms with Crippen LogP contribution in [-0.2, 0) is 0 Å². The molecule has 33 heavy (non-hydrogen) atoms. The number of rotatable bonds is 6. The van der Waals surface area contributed by atoms with Crippen molar-refractivity contribution in [2.75, 3.05) is 7.11 Å². The third kappa shape index (κ3) is 4.75. The van der Waals surface area contributed by atoms with Crippen LogP contribution in [0, 0.1) is 11.3 Å². The van der Waals surface area contributed by atoms with E-state index in [-0.39, 0.29) is 11.4 Å². The second kappa shape index (κ2) is 9.53. The molecule has 1 amide bonds. The van der Waals surface area contributed by atoms with Gasteiger partial charge in [0.25, 0.3) is 11.5 Å². The molecule has 1 unspecified atom stereocenters. The highest BCUT2D eigenvalue weighted by Crippen LogP contribution is 2.25. The van der Waals surface area contributed by atoms with E-state index in [1.807, 2.05) is 12.1 Å². The Hall–Kier alpha value is -4.84. The lowest BCUT2D eigenvalue weighted by Crippen LogP contribution is -2.33. The van der Waals surface area contributed by atoms with Crippen molar-refractivity contribution in [1.82, 2.24) is 25.5 Å². The topological polar surface area (TPSA) is 134 Å². The van der Waals surface area contributed by atoms with Crippen LogP contribution in [-0.4, -0.2) is 33.2 Å². The number of H-pyrrole nitrogens is 1. The summed E-state index contributed by atoms with van der Waals surface area (Å²) in [6.45, 7) is 0. The summed E-state index contributed by atoms with van der Waals surface area (Å²) in [6, 6.07) is 18.9. The molecule has 0 saturated carbocycles. The molecule has 0 fully saturated rings. The Morgan fingerprint density at radius 1 is 1.09 bits per heavy atom. The molecule has 0 aliphatic rings. The minimum absolute atomic E-state index is 0.144. The van der Waals surface area contributed by atoms with Gasteiger partial charge in [-0.3, -0.25) is 9.59 Å². The number of benzene rings is 2. The van der Waals surface area contributed by atoms with Crippen molar-refractivity contribution in [3.63, 3.8) is 0 Å². The van der Waals surface area contributed by atoms with Gasteiger partial charge in [0.15, 0.2) is 5.82 Å². The quantitative estimate of drug-likeness (QED) is 0.473. The van der Waals surface area contributed by atoms with Gasteiger partial charge in [0, 0.05) is 12.4 Å². The number of carbonyl (C=O) groups is 1. The first-order valence-electron chi connectivity index (χ1n) is 9.91. The first kappa shape index (κ1) is 21.4. The summed E-state index contributed by atoms with van der Waals surface area (Å²) in [5, 5.41) is 19.6. The normalized spacial score (nSPS) is 11.3. The van der Waals surface area contributed by atoms with Crippen LogP contribution in [0.2, 0.25) is 0 Å². The van der Waals surface area contributed by atoms with Gasteiger partial charge in [-0.15, -0.1) is 5.10 Å². The van der Waals surface area contributed by atoms with E-state index in [0.29, 0.717) is 17.0 Å². The van der Waals surface area contributed by atoms with Gasteiger partial charge in [0.2, 0.25) is 0 Å². The maximum Gasteiger partial charge on any atom is 0.264 e. The van der Waals surface area contributed by atoms with E-state index in [2.05, 4.69) is 31.6 Å². The molecule has 9 heteroatoms. The van der Waals surface area contributed by atoms with Crippen LogP contribution in [0.1, 0.15) is 33.1 Å². The molecular weight excluding hydrogens is 420 g/mol. The van der Waals surface area contributed by atoms with Crippen molar-refractivity contribution in [3.8, 4) is 23.3 Å². The Balaban J connectivity index is 1.66. The average molecular weight is 438 g/mol. The molecule has 4 aromatic rings. The highest BCUT2D eigenvalue weighted by molar-refractivity contribution is 5.94. The fourth-order valence-corrected chi connectivity index (χ4v) is 3.23. The van der Waals surface area contributed by atoms with Crippen molar-refractivity contribution in [2.24, 2.45) is 0 Å². The minimum atomic E-state index is -0.600. The number of hydrogen-bond acceptors (Lipinski definition) is 7. The number of aromatic amines is 1. The van der Waals surface area contributed by atoms with E-state index in [1.165, 1.54) is 12.4 Å². The summed E-state index contributed by atoms with van der Waals surface area (Å²) in [7, 11) is 1.57. The monoisotopic (exact) mass is 438 g/mol. The molecule has 2 heterocycles. The van der Waals surface area contributed by atoms with Crippen molar-refractivity contribution in [2.45, 2.75) is 6.04 Å². The molecule has 4 rings (SSSR count). The lowest BCUT2D eigenvalue weighted by Gasteiger charge is -2.20. The maximum absolute atomic E-state index is 13.0. The second-order valence-corrected chi connectivity index (χ2v) is 7.00. The Bertz CT molecular complexity index is 1360. The first-order valence-corrected chi connectivity index (χ1v) is 9.91. The van der Waals surface area contributed by atoms with Gasteiger partial charge in [-0.2, -0.15) is 10.4 Å². The highest BCUT2D eigenvalue weighted by atomic mass is 16.5. The van der Waals surface area contributed by atoms with Crippen LogP contribution < -0.4 is 15.6 Å². The fourth-order valence-electron chi connectivity index (χ4n) is 3.23. The van der Waals surface area contributed by atoms with Crippen LogP contribution in [0.3, 0.4) is 0 Å². The molecule has 0 saturated heterocycles. The molecule has 2 N–H and O–H groups in total. The lowest BCUT2D eigenvalue weighted by atomic mass is 9.97. The number of nitrogens with one attached hydrogen (secondary N) is 2. The minimum Gasteiger partial charge on any atom is -0.497 e. The number of aromatic nitrogens is 4. The molecule has 0 bridgehead atoms. The van der Waals surface area contributed by atoms with E-state index in [0.717, 1.165) is 11.1 Å². The number of ether oxygens (including phenoxy) is 1. The number of amides is 1. The summed E-state index contributed by atoms with van der Waals surface area (Å²) in [4.78, 5) is 32.4. The molecule has 0 aliphatic heterocycles. The predicted octanol–water partition coefficient (Wildman–Crippen LogP) is 2.63. The number of nitrogens with zero attached hydrogens (tertiary/aromatic N) is 4. The van der Waals surface area contributed by atoms with Gasteiger partial charge in [0.1, 0.15) is 17.0 Å². The Labute approximate surface area is 188 Å². The van der Waals surface area contributed by atoms with Gasteiger partial charge < -0.3 is 15.0 Å². The van der Waals surface area contributed by atoms with Gasteiger partial charge in [-0.25, -0.2) is 4.98 Å². The van der Waals surface area contributed by atoms with E-state index < -0.39 is 17.5 Å². The zero-order chi connectivity index (χ0) is 23.2. The Morgan fingerprint density at radius 3 is 2.36 bits per heavy atom. The second-order valence-electron chi connectivity index (χ2n) is 7.00. The SMILES string of the molecule is COc1ccc(C(NC(=O)c2cnc(-c3cccnn3)[nH]c2=O)c2ccc(C#N)cc2)cc1. The first-order chi connectivity index (χ1) is 16.1. The largest absolute Gasteiger partial charge is 0.497 e. The van der Waals surface area contributed by atoms with E-state index >= 15 is 0 Å². The summed E-state index contributed by atoms with van der Waals surface area (Å²) in [5.41, 5.74) is 1.66. The fraction of sp³-hybridized carbons (Fsp3) is 0.0833. The maximum atomic E-state index is 13.0. The van der Waals surface area contributed by atoms with Crippen molar-refractivity contribution < 1.29 is 9.53 Å². The standard InChI is InChI=1S/C24H18N6O3/c1-33-18-10-8-17(9-11-18)21(16-6-4-15(13-25)5-7-16)28-23(31)19-14-26-22(29-24(19)32)20-3-2-12-27-30-20/h2-12,14,21H,1H3,(H,28,31)(H,26,29,32). The summed E-state index contributed by atoms with van der Waals surface area (Å²) in [6.07, 6.45) is 2.72. The number of methoxy groups -OCH3 is 1. The molecule has 0 spiro atoms. The third-order valence-electron chi connectivity index (χ3n) is 4.96. The number of nitriles is 1. The van der Waals surface area contributed by atoms with Crippen molar-refractivity contribution >= 4 is 5.91 Å². The zero-order valence-electron chi connectivity index (χ0n) is 17.5. The van der Waals surface area contributed by atoms with Gasteiger partial charge in [0.05, 0.1) is 24.8 Å². The lowest BCUT2D eigenvalue weighted by molar-refractivity contribution is 0.0941. The number of carbonyl (C=O) groups excluding carboxylic acids is 1. The molecule has 9 nitrogen and oxygen atoms in total. The average Bonchev–Trinajstić information content (AvgIpc) is 2.88. The third-order valence-corrected chi connectivity index (χ3v) is 4.96. The van der Waals surface area contributed by atoms with E-state index in [4.69, 9.17) is 10.00 Å². The molecule has 0 radical (unpaired) electrons. The Morgan fingerprint density at radius 2 is 1.79 bits per heavy atom. The van der Waals surface area contributed by atoms with Crippen molar-refractivity contribution in [3.05, 3.63) is 106 Å². The Kier molecular flexibility index (Phi) is 6.18.